The van der Waals surface area contributed by atoms with Crippen molar-refractivity contribution in [2.75, 3.05) is 7.11 Å². The molecule has 9 atom stereocenters. The summed E-state index contributed by atoms with van der Waals surface area (Å²) in [6.45, 7) is 15.5. The van der Waals surface area contributed by atoms with Gasteiger partial charge in [0.25, 0.3) is 0 Å². The molecule has 10 heteroatoms. The average Bonchev–Trinajstić information content (AvgIpc) is 3.18. The van der Waals surface area contributed by atoms with Crippen LogP contribution in [0.3, 0.4) is 0 Å². The van der Waals surface area contributed by atoms with Crippen LogP contribution in [0.4, 0.5) is 0 Å². The van der Waals surface area contributed by atoms with E-state index in [2.05, 4.69) is 19.6 Å². The van der Waals surface area contributed by atoms with Crippen LogP contribution in [0.25, 0.3) is 0 Å². The highest BCUT2D eigenvalue weighted by molar-refractivity contribution is 5.70. The summed E-state index contributed by atoms with van der Waals surface area (Å²) in [6.07, 6.45) is 2.31. The van der Waals surface area contributed by atoms with Crippen molar-refractivity contribution >= 4 is 23.9 Å². The van der Waals surface area contributed by atoms with Crippen LogP contribution in [-0.4, -0.2) is 61.9 Å². The SMILES string of the molecule is C=C/C(C)=C\C[C@]1(C)[C@H](C)[C@@H](OC(=O)CCC)[C@@H](OC(C)=O)C23C(=C[C@H](OC)C[C@H]21)[C@@H](OC(C)=O)O[C@H]3OC(C)=O. The number of allylic oxidation sites excluding steroid dienone is 3. The molecule has 41 heavy (non-hydrogen) atoms. The summed E-state index contributed by atoms with van der Waals surface area (Å²) in [4.78, 5) is 50.4. The van der Waals surface area contributed by atoms with Crippen molar-refractivity contribution in [1.82, 2.24) is 0 Å². The lowest BCUT2D eigenvalue weighted by Crippen LogP contribution is -2.69. The van der Waals surface area contributed by atoms with E-state index in [1.807, 2.05) is 20.8 Å². The van der Waals surface area contributed by atoms with Crippen molar-refractivity contribution < 1.29 is 47.6 Å². The van der Waals surface area contributed by atoms with Crippen molar-refractivity contribution in [2.45, 2.75) is 105 Å². The van der Waals surface area contributed by atoms with Gasteiger partial charge in [0.05, 0.1) is 6.10 Å². The first kappa shape index (κ1) is 32.5. The monoisotopic (exact) mass is 576 g/mol. The van der Waals surface area contributed by atoms with E-state index in [1.165, 1.54) is 20.8 Å². The number of hydrogen-bond acceptors (Lipinski definition) is 10. The third kappa shape index (κ3) is 6.14. The molecule has 0 aromatic heterocycles. The van der Waals surface area contributed by atoms with E-state index in [0.717, 1.165) is 5.57 Å². The summed E-state index contributed by atoms with van der Waals surface area (Å²) in [6, 6.07) is 0. The van der Waals surface area contributed by atoms with E-state index in [1.54, 1.807) is 19.3 Å². The number of ether oxygens (including phenoxy) is 6. The lowest BCUT2D eigenvalue weighted by molar-refractivity contribution is -0.279. The molecule has 2 aliphatic carbocycles. The van der Waals surface area contributed by atoms with Gasteiger partial charge in [0.15, 0.2) is 6.10 Å². The molecule has 0 aromatic rings. The number of carbonyl (C=O) groups excluding carboxylic acids is 4. The maximum Gasteiger partial charge on any atom is 0.306 e. The van der Waals surface area contributed by atoms with Crippen molar-refractivity contribution in [3.05, 3.63) is 36.0 Å². The molecule has 0 N–H and O–H groups in total. The van der Waals surface area contributed by atoms with Crippen LogP contribution in [0, 0.1) is 22.7 Å². The fourth-order valence-electron chi connectivity index (χ4n) is 6.86. The normalized spacial score (nSPS) is 36.2. The molecule has 0 aromatic carbocycles. The van der Waals surface area contributed by atoms with E-state index in [4.69, 9.17) is 28.4 Å². The van der Waals surface area contributed by atoms with Gasteiger partial charge in [-0.2, -0.15) is 0 Å². The Morgan fingerprint density at radius 1 is 1.05 bits per heavy atom. The van der Waals surface area contributed by atoms with Crippen LogP contribution in [0.1, 0.15) is 74.1 Å². The molecule has 3 rings (SSSR count). The van der Waals surface area contributed by atoms with Crippen LogP contribution in [-0.2, 0) is 47.6 Å². The quantitative estimate of drug-likeness (QED) is 0.158. The Morgan fingerprint density at radius 2 is 1.68 bits per heavy atom. The second-order valence-electron chi connectivity index (χ2n) is 11.5. The van der Waals surface area contributed by atoms with Gasteiger partial charge in [0, 0.05) is 45.8 Å². The van der Waals surface area contributed by atoms with E-state index >= 15 is 0 Å². The van der Waals surface area contributed by atoms with Crippen LogP contribution < -0.4 is 0 Å². The van der Waals surface area contributed by atoms with Crippen LogP contribution in [0.15, 0.2) is 36.0 Å². The molecule has 1 saturated heterocycles. The standard InChI is InChI=1S/C31H44O10/c1-10-12-25(35)40-26-18(4)30(8,14-13-17(3)11-2)24-16-22(36-9)15-23-28(38-20(6)33)41-29(39-21(7)34)31(23,24)27(26)37-19(5)32/h11,13,15,18,22,24,26-29H,2,10,12,14,16H2,1,3-9H3/b17-13-/t18-,22+,24+,26-,27-,28+,29-,30-,31?/m1/s1. The summed E-state index contributed by atoms with van der Waals surface area (Å²) >= 11 is 0. The smallest absolute Gasteiger partial charge is 0.306 e. The molecule has 0 radical (unpaired) electrons. The number of hydrogen-bond donors (Lipinski definition) is 0. The zero-order valence-electron chi connectivity index (χ0n) is 25.4. The zero-order chi connectivity index (χ0) is 30.7. The van der Waals surface area contributed by atoms with Gasteiger partial charge in [-0.05, 0) is 43.6 Å². The fraction of sp³-hybridized carbons (Fsp3) is 0.677. The van der Waals surface area contributed by atoms with Crippen molar-refractivity contribution in [2.24, 2.45) is 22.7 Å². The Hall–Kier alpha value is -2.98. The predicted octanol–water partition coefficient (Wildman–Crippen LogP) is 4.56. The highest BCUT2D eigenvalue weighted by Crippen LogP contribution is 2.68. The number of esters is 4. The molecule has 3 aliphatic rings. The lowest BCUT2D eigenvalue weighted by atomic mass is 9.44. The molecule has 1 aliphatic heterocycles. The highest BCUT2D eigenvalue weighted by atomic mass is 16.8. The van der Waals surface area contributed by atoms with Gasteiger partial charge in [0.1, 0.15) is 11.5 Å². The van der Waals surface area contributed by atoms with Crippen LogP contribution >= 0.6 is 0 Å². The minimum Gasteiger partial charge on any atom is -0.458 e. The maximum absolute atomic E-state index is 13.0. The minimum absolute atomic E-state index is 0.174. The fourth-order valence-corrected chi connectivity index (χ4v) is 6.86. The summed E-state index contributed by atoms with van der Waals surface area (Å²) in [7, 11) is 1.58. The van der Waals surface area contributed by atoms with E-state index in [0.29, 0.717) is 24.8 Å². The Labute approximate surface area is 242 Å². The van der Waals surface area contributed by atoms with E-state index < -0.39 is 71.5 Å². The van der Waals surface area contributed by atoms with E-state index in [9.17, 15) is 19.2 Å². The molecule has 1 heterocycles. The largest absolute Gasteiger partial charge is 0.458 e. The Bertz CT molecular complexity index is 1110. The van der Waals surface area contributed by atoms with Crippen LogP contribution in [0.2, 0.25) is 0 Å². The first-order valence-electron chi connectivity index (χ1n) is 14.2. The Balaban J connectivity index is 2.41. The number of methoxy groups -OCH3 is 1. The van der Waals surface area contributed by atoms with Crippen molar-refractivity contribution in [1.29, 1.82) is 0 Å². The summed E-state index contributed by atoms with van der Waals surface area (Å²) in [5, 5.41) is 0. The van der Waals surface area contributed by atoms with Crippen molar-refractivity contribution in [3.63, 3.8) is 0 Å². The first-order chi connectivity index (χ1) is 19.3. The number of carbonyl (C=O) groups is 4. The van der Waals surface area contributed by atoms with Gasteiger partial charge >= 0.3 is 23.9 Å². The first-order valence-corrected chi connectivity index (χ1v) is 14.2. The van der Waals surface area contributed by atoms with Gasteiger partial charge in [-0.1, -0.05) is 45.1 Å². The third-order valence-corrected chi connectivity index (χ3v) is 8.95. The van der Waals surface area contributed by atoms with Gasteiger partial charge in [0.2, 0.25) is 12.6 Å². The second kappa shape index (κ2) is 12.9. The van der Waals surface area contributed by atoms with Gasteiger partial charge in [-0.15, -0.1) is 0 Å². The molecule has 0 bridgehead atoms. The minimum atomic E-state index is -1.36. The molecular formula is C31H44O10. The zero-order valence-corrected chi connectivity index (χ0v) is 25.4. The molecule has 1 saturated carbocycles. The van der Waals surface area contributed by atoms with Gasteiger partial charge < -0.3 is 23.7 Å². The molecular weight excluding hydrogens is 532 g/mol. The molecule has 2 fully saturated rings. The summed E-state index contributed by atoms with van der Waals surface area (Å²) < 4.78 is 35.6. The molecule has 0 amide bonds. The summed E-state index contributed by atoms with van der Waals surface area (Å²) in [5.74, 6) is -3.03. The molecule has 1 unspecified atom stereocenters. The topological polar surface area (TPSA) is 124 Å². The molecule has 10 nitrogen and oxygen atoms in total. The molecule has 228 valence electrons. The molecule has 1 spiro atoms. The highest BCUT2D eigenvalue weighted by Gasteiger charge is 2.75. The second-order valence-corrected chi connectivity index (χ2v) is 11.5. The Kier molecular flexibility index (Phi) is 10.2. The Morgan fingerprint density at radius 3 is 2.22 bits per heavy atom. The van der Waals surface area contributed by atoms with Crippen molar-refractivity contribution in [3.8, 4) is 0 Å². The summed E-state index contributed by atoms with van der Waals surface area (Å²) in [5.41, 5.74) is -0.587. The van der Waals surface area contributed by atoms with Gasteiger partial charge in [-0.3, -0.25) is 23.9 Å². The number of rotatable bonds is 10. The lowest BCUT2D eigenvalue weighted by Gasteiger charge is -2.62. The predicted molar refractivity (Wildman–Crippen MR) is 148 cm³/mol. The van der Waals surface area contributed by atoms with Crippen LogP contribution in [0.5, 0.6) is 0 Å². The average molecular weight is 577 g/mol. The van der Waals surface area contributed by atoms with Gasteiger partial charge in [-0.25, -0.2) is 0 Å². The van der Waals surface area contributed by atoms with E-state index in [-0.39, 0.29) is 12.3 Å². The maximum atomic E-state index is 13.0. The third-order valence-electron chi connectivity index (χ3n) is 8.95.